The zero-order chi connectivity index (χ0) is 13.0. The van der Waals surface area contributed by atoms with E-state index in [-0.39, 0.29) is 6.04 Å². The number of benzene rings is 1. The van der Waals surface area contributed by atoms with Gasteiger partial charge in [0.25, 0.3) is 0 Å². The van der Waals surface area contributed by atoms with Gasteiger partial charge in [0.05, 0.1) is 0 Å². The van der Waals surface area contributed by atoms with Gasteiger partial charge in [-0.2, -0.15) is 11.8 Å². The van der Waals surface area contributed by atoms with Crippen molar-refractivity contribution in [3.63, 3.8) is 0 Å². The maximum Gasteiger partial charge on any atom is 0.0421 e. The van der Waals surface area contributed by atoms with E-state index in [9.17, 15) is 0 Å². The van der Waals surface area contributed by atoms with Gasteiger partial charge in [-0.05, 0) is 30.6 Å². The SMILES string of the molecule is CCN(CC)CCSC1Cc2ccccc2C1N. The van der Waals surface area contributed by atoms with E-state index in [2.05, 4.69) is 43.0 Å². The lowest BCUT2D eigenvalue weighted by Crippen LogP contribution is -2.27. The average Bonchev–Trinajstić information content (AvgIpc) is 2.72. The van der Waals surface area contributed by atoms with Crippen LogP contribution in [0.1, 0.15) is 31.0 Å². The van der Waals surface area contributed by atoms with Crippen molar-refractivity contribution in [2.45, 2.75) is 31.6 Å². The van der Waals surface area contributed by atoms with Gasteiger partial charge in [-0.25, -0.2) is 0 Å². The average molecular weight is 264 g/mol. The Hall–Kier alpha value is -0.510. The van der Waals surface area contributed by atoms with E-state index in [0.29, 0.717) is 5.25 Å². The highest BCUT2D eigenvalue weighted by Gasteiger charge is 2.29. The summed E-state index contributed by atoms with van der Waals surface area (Å²) < 4.78 is 0. The first-order valence-corrected chi connectivity index (χ1v) is 7.98. The number of nitrogens with zero attached hydrogens (tertiary/aromatic N) is 1. The van der Waals surface area contributed by atoms with Crippen LogP contribution in [-0.2, 0) is 6.42 Å². The standard InChI is InChI=1S/C15H24N2S/c1-3-17(4-2)9-10-18-14-11-12-7-5-6-8-13(12)15(14)16/h5-8,14-15H,3-4,9-11,16H2,1-2H3. The Labute approximate surface area is 115 Å². The molecule has 2 N–H and O–H groups in total. The Balaban J connectivity index is 1.83. The summed E-state index contributed by atoms with van der Waals surface area (Å²) in [6, 6.07) is 8.85. The summed E-state index contributed by atoms with van der Waals surface area (Å²) in [6.45, 7) is 7.93. The van der Waals surface area contributed by atoms with Gasteiger partial charge in [0.1, 0.15) is 0 Å². The third-order valence-corrected chi connectivity index (χ3v) is 5.18. The number of rotatable bonds is 6. The maximum absolute atomic E-state index is 6.34. The minimum absolute atomic E-state index is 0.225. The van der Waals surface area contributed by atoms with Crippen LogP contribution in [0.3, 0.4) is 0 Å². The van der Waals surface area contributed by atoms with Gasteiger partial charge in [0, 0.05) is 23.6 Å². The molecule has 2 atom stereocenters. The molecule has 0 radical (unpaired) electrons. The molecule has 3 heteroatoms. The van der Waals surface area contributed by atoms with Crippen LogP contribution in [0.4, 0.5) is 0 Å². The minimum Gasteiger partial charge on any atom is -0.323 e. The Morgan fingerprint density at radius 1 is 1.28 bits per heavy atom. The molecule has 1 aromatic carbocycles. The Morgan fingerprint density at radius 2 is 2.00 bits per heavy atom. The lowest BCUT2D eigenvalue weighted by atomic mass is 10.1. The molecule has 0 amide bonds. The molecule has 0 aromatic heterocycles. The molecule has 2 unspecified atom stereocenters. The molecule has 2 nitrogen and oxygen atoms in total. The summed E-state index contributed by atoms with van der Waals surface area (Å²) in [6.07, 6.45) is 1.14. The fourth-order valence-electron chi connectivity index (χ4n) is 2.62. The first-order valence-electron chi connectivity index (χ1n) is 6.93. The van der Waals surface area contributed by atoms with Crippen molar-refractivity contribution in [3.8, 4) is 0 Å². The molecular weight excluding hydrogens is 240 g/mol. The molecule has 1 aliphatic rings. The summed E-state index contributed by atoms with van der Waals surface area (Å²) >= 11 is 2.04. The molecule has 0 saturated carbocycles. The Kier molecular flexibility index (Phi) is 5.10. The molecule has 1 aliphatic carbocycles. The quantitative estimate of drug-likeness (QED) is 0.856. The second-order valence-electron chi connectivity index (χ2n) is 4.86. The molecule has 18 heavy (non-hydrogen) atoms. The smallest absolute Gasteiger partial charge is 0.0421 e. The highest BCUT2D eigenvalue weighted by atomic mass is 32.2. The van der Waals surface area contributed by atoms with Gasteiger partial charge in [-0.3, -0.25) is 0 Å². The Morgan fingerprint density at radius 3 is 2.67 bits per heavy atom. The van der Waals surface area contributed by atoms with Gasteiger partial charge < -0.3 is 10.6 Å². The van der Waals surface area contributed by atoms with E-state index in [1.165, 1.54) is 23.4 Å². The van der Waals surface area contributed by atoms with E-state index in [1.807, 2.05) is 11.8 Å². The fraction of sp³-hybridized carbons (Fsp3) is 0.600. The first kappa shape index (κ1) is 13.9. The van der Waals surface area contributed by atoms with Crippen LogP contribution >= 0.6 is 11.8 Å². The number of hydrogen-bond acceptors (Lipinski definition) is 3. The summed E-state index contributed by atoms with van der Waals surface area (Å²) in [5.74, 6) is 1.19. The van der Waals surface area contributed by atoms with Crippen molar-refractivity contribution in [1.82, 2.24) is 4.90 Å². The number of hydrogen-bond donors (Lipinski definition) is 1. The second kappa shape index (κ2) is 6.60. The normalized spacial score (nSPS) is 22.4. The molecule has 0 saturated heterocycles. The largest absolute Gasteiger partial charge is 0.323 e. The number of thioether (sulfide) groups is 1. The predicted molar refractivity (Wildman–Crippen MR) is 81.1 cm³/mol. The zero-order valence-electron chi connectivity index (χ0n) is 11.4. The third kappa shape index (κ3) is 3.08. The van der Waals surface area contributed by atoms with Crippen LogP contribution in [0.25, 0.3) is 0 Å². The fourth-order valence-corrected chi connectivity index (χ4v) is 3.94. The van der Waals surface area contributed by atoms with Crippen molar-refractivity contribution in [2.75, 3.05) is 25.4 Å². The monoisotopic (exact) mass is 264 g/mol. The molecule has 100 valence electrons. The van der Waals surface area contributed by atoms with Crippen molar-refractivity contribution >= 4 is 11.8 Å². The predicted octanol–water partition coefficient (Wildman–Crippen LogP) is 2.69. The van der Waals surface area contributed by atoms with Crippen molar-refractivity contribution in [2.24, 2.45) is 5.73 Å². The van der Waals surface area contributed by atoms with Gasteiger partial charge in [-0.15, -0.1) is 0 Å². The van der Waals surface area contributed by atoms with Crippen LogP contribution in [-0.4, -0.2) is 35.5 Å². The molecule has 0 aliphatic heterocycles. The van der Waals surface area contributed by atoms with Gasteiger partial charge in [0.2, 0.25) is 0 Å². The van der Waals surface area contributed by atoms with Crippen LogP contribution in [0.5, 0.6) is 0 Å². The van der Waals surface area contributed by atoms with E-state index in [4.69, 9.17) is 5.73 Å². The van der Waals surface area contributed by atoms with E-state index in [1.54, 1.807) is 0 Å². The van der Waals surface area contributed by atoms with E-state index in [0.717, 1.165) is 19.5 Å². The highest BCUT2D eigenvalue weighted by molar-refractivity contribution is 8.00. The van der Waals surface area contributed by atoms with Gasteiger partial charge in [-0.1, -0.05) is 38.1 Å². The molecule has 0 bridgehead atoms. The van der Waals surface area contributed by atoms with Crippen molar-refractivity contribution < 1.29 is 0 Å². The molecular formula is C15H24N2S. The van der Waals surface area contributed by atoms with Crippen LogP contribution in [0, 0.1) is 0 Å². The van der Waals surface area contributed by atoms with Crippen molar-refractivity contribution in [1.29, 1.82) is 0 Å². The van der Waals surface area contributed by atoms with E-state index < -0.39 is 0 Å². The lowest BCUT2D eigenvalue weighted by molar-refractivity contribution is 0.323. The number of fused-ring (bicyclic) bond motifs is 1. The molecule has 0 heterocycles. The lowest BCUT2D eigenvalue weighted by Gasteiger charge is -2.20. The Bertz CT molecular complexity index is 377. The van der Waals surface area contributed by atoms with Gasteiger partial charge >= 0.3 is 0 Å². The van der Waals surface area contributed by atoms with Crippen molar-refractivity contribution in [3.05, 3.63) is 35.4 Å². The summed E-state index contributed by atoms with van der Waals surface area (Å²) in [7, 11) is 0. The zero-order valence-corrected chi connectivity index (χ0v) is 12.2. The topological polar surface area (TPSA) is 29.3 Å². The van der Waals surface area contributed by atoms with Crippen LogP contribution < -0.4 is 5.73 Å². The molecule has 1 aromatic rings. The summed E-state index contributed by atoms with van der Waals surface area (Å²) in [5.41, 5.74) is 9.15. The number of nitrogens with two attached hydrogens (primary N) is 1. The molecule has 0 spiro atoms. The van der Waals surface area contributed by atoms with Crippen LogP contribution in [0.2, 0.25) is 0 Å². The first-order chi connectivity index (χ1) is 8.76. The minimum atomic E-state index is 0.225. The highest BCUT2D eigenvalue weighted by Crippen LogP contribution is 2.36. The summed E-state index contributed by atoms with van der Waals surface area (Å²) in [5, 5.41) is 0.568. The molecule has 0 fully saturated rings. The van der Waals surface area contributed by atoms with E-state index >= 15 is 0 Å². The second-order valence-corrected chi connectivity index (χ2v) is 6.21. The summed E-state index contributed by atoms with van der Waals surface area (Å²) in [4.78, 5) is 2.47. The van der Waals surface area contributed by atoms with Crippen LogP contribution in [0.15, 0.2) is 24.3 Å². The van der Waals surface area contributed by atoms with Gasteiger partial charge in [0.15, 0.2) is 0 Å². The maximum atomic E-state index is 6.34. The molecule has 2 rings (SSSR count). The third-order valence-electron chi connectivity index (χ3n) is 3.87.